The SMILES string of the molecule is Cc1ccc(NC(=O)NC(C)CO)cc1NC(=O)NC(C)CO. The second-order valence-corrected chi connectivity index (χ2v) is 5.39. The third-order valence-electron chi connectivity index (χ3n) is 3.05. The molecule has 0 aliphatic heterocycles. The van der Waals surface area contributed by atoms with Crippen LogP contribution in [-0.2, 0) is 0 Å². The zero-order valence-corrected chi connectivity index (χ0v) is 13.5. The largest absolute Gasteiger partial charge is 0.394 e. The van der Waals surface area contributed by atoms with Crippen molar-refractivity contribution >= 4 is 23.4 Å². The molecule has 6 N–H and O–H groups in total. The molecule has 23 heavy (non-hydrogen) atoms. The van der Waals surface area contributed by atoms with Gasteiger partial charge >= 0.3 is 12.1 Å². The lowest BCUT2D eigenvalue weighted by Crippen LogP contribution is -2.38. The summed E-state index contributed by atoms with van der Waals surface area (Å²) >= 11 is 0. The molecule has 0 saturated heterocycles. The molecule has 128 valence electrons. The van der Waals surface area contributed by atoms with Crippen molar-refractivity contribution in [2.24, 2.45) is 0 Å². The first-order valence-electron chi connectivity index (χ1n) is 7.33. The summed E-state index contributed by atoms with van der Waals surface area (Å²) in [6.45, 7) is 4.86. The van der Waals surface area contributed by atoms with Gasteiger partial charge in [-0.05, 0) is 38.5 Å². The highest BCUT2D eigenvalue weighted by Gasteiger charge is 2.10. The Morgan fingerprint density at radius 2 is 1.52 bits per heavy atom. The number of aliphatic hydroxyl groups is 2. The van der Waals surface area contributed by atoms with E-state index in [1.807, 2.05) is 6.92 Å². The van der Waals surface area contributed by atoms with Crippen LogP contribution in [0.4, 0.5) is 21.0 Å². The van der Waals surface area contributed by atoms with Crippen LogP contribution in [0.25, 0.3) is 0 Å². The maximum atomic E-state index is 11.8. The summed E-state index contributed by atoms with van der Waals surface area (Å²) in [5.41, 5.74) is 1.87. The number of hydrogen-bond acceptors (Lipinski definition) is 4. The van der Waals surface area contributed by atoms with Crippen LogP contribution in [0, 0.1) is 6.92 Å². The minimum Gasteiger partial charge on any atom is -0.394 e. The summed E-state index contributed by atoms with van der Waals surface area (Å²) in [4.78, 5) is 23.5. The molecule has 0 heterocycles. The van der Waals surface area contributed by atoms with Crippen LogP contribution in [0.1, 0.15) is 19.4 Å². The molecule has 2 unspecified atom stereocenters. The van der Waals surface area contributed by atoms with Crippen LogP contribution in [0.2, 0.25) is 0 Å². The molecule has 4 amide bonds. The van der Waals surface area contributed by atoms with Crippen molar-refractivity contribution in [2.45, 2.75) is 32.9 Å². The van der Waals surface area contributed by atoms with Gasteiger partial charge in [0.25, 0.3) is 0 Å². The van der Waals surface area contributed by atoms with E-state index in [0.29, 0.717) is 11.4 Å². The van der Waals surface area contributed by atoms with Gasteiger partial charge in [0.15, 0.2) is 0 Å². The molecule has 8 nitrogen and oxygen atoms in total. The lowest BCUT2D eigenvalue weighted by molar-refractivity contribution is 0.229. The maximum Gasteiger partial charge on any atom is 0.319 e. The van der Waals surface area contributed by atoms with Crippen LogP contribution in [0.5, 0.6) is 0 Å². The first-order valence-corrected chi connectivity index (χ1v) is 7.33. The Bertz CT molecular complexity index is 550. The molecule has 2 atom stereocenters. The van der Waals surface area contributed by atoms with Crippen molar-refractivity contribution in [3.05, 3.63) is 23.8 Å². The van der Waals surface area contributed by atoms with Crippen molar-refractivity contribution < 1.29 is 19.8 Å². The zero-order valence-electron chi connectivity index (χ0n) is 13.5. The van der Waals surface area contributed by atoms with E-state index in [-0.39, 0.29) is 25.3 Å². The lowest BCUT2D eigenvalue weighted by Gasteiger charge is -2.15. The van der Waals surface area contributed by atoms with Crippen LogP contribution in [0.3, 0.4) is 0 Å². The monoisotopic (exact) mass is 324 g/mol. The van der Waals surface area contributed by atoms with E-state index in [2.05, 4.69) is 21.3 Å². The number of carbonyl (C=O) groups is 2. The number of nitrogens with one attached hydrogen (secondary N) is 4. The molecule has 1 aromatic rings. The fourth-order valence-corrected chi connectivity index (χ4v) is 1.70. The van der Waals surface area contributed by atoms with E-state index < -0.39 is 12.1 Å². The Labute approximate surface area is 135 Å². The topological polar surface area (TPSA) is 123 Å². The molecule has 0 spiro atoms. The average molecular weight is 324 g/mol. The number of anilines is 2. The van der Waals surface area contributed by atoms with Gasteiger partial charge in [0.1, 0.15) is 0 Å². The number of carbonyl (C=O) groups excluding carboxylic acids is 2. The summed E-state index contributed by atoms with van der Waals surface area (Å²) < 4.78 is 0. The number of aryl methyl sites for hydroxylation is 1. The molecule has 1 aromatic carbocycles. The lowest BCUT2D eigenvalue weighted by atomic mass is 10.2. The second kappa shape index (κ2) is 8.96. The van der Waals surface area contributed by atoms with Crippen LogP contribution in [-0.4, -0.2) is 47.6 Å². The van der Waals surface area contributed by atoms with Gasteiger partial charge in [-0.1, -0.05) is 6.07 Å². The van der Waals surface area contributed by atoms with Crippen LogP contribution in [0.15, 0.2) is 18.2 Å². The van der Waals surface area contributed by atoms with E-state index in [1.165, 1.54) is 0 Å². The number of urea groups is 2. The normalized spacial score (nSPS) is 12.9. The number of aliphatic hydroxyl groups excluding tert-OH is 2. The van der Waals surface area contributed by atoms with Crippen molar-refractivity contribution in [3.8, 4) is 0 Å². The van der Waals surface area contributed by atoms with Crippen molar-refractivity contribution in [1.29, 1.82) is 0 Å². The van der Waals surface area contributed by atoms with Crippen molar-refractivity contribution in [1.82, 2.24) is 10.6 Å². The third kappa shape index (κ3) is 6.54. The average Bonchev–Trinajstić information content (AvgIpc) is 2.50. The van der Waals surface area contributed by atoms with Crippen LogP contribution < -0.4 is 21.3 Å². The van der Waals surface area contributed by atoms with E-state index in [0.717, 1.165) is 5.56 Å². The molecule has 0 fully saturated rings. The molecular weight excluding hydrogens is 300 g/mol. The fraction of sp³-hybridized carbons (Fsp3) is 0.467. The molecule has 8 heteroatoms. The summed E-state index contributed by atoms with van der Waals surface area (Å²) in [5, 5.41) is 28.3. The smallest absolute Gasteiger partial charge is 0.319 e. The van der Waals surface area contributed by atoms with Gasteiger partial charge in [-0.3, -0.25) is 0 Å². The van der Waals surface area contributed by atoms with Gasteiger partial charge in [0.2, 0.25) is 0 Å². The Balaban J connectivity index is 2.71. The molecular formula is C15H24N4O4. The molecule has 0 saturated carbocycles. The Morgan fingerprint density at radius 3 is 2.04 bits per heavy atom. The second-order valence-electron chi connectivity index (χ2n) is 5.39. The summed E-state index contributed by atoms with van der Waals surface area (Å²) in [5.74, 6) is 0. The summed E-state index contributed by atoms with van der Waals surface area (Å²) in [6, 6.07) is 3.49. The Kier molecular flexibility index (Phi) is 7.30. The minimum absolute atomic E-state index is 0.155. The van der Waals surface area contributed by atoms with Gasteiger partial charge in [-0.2, -0.15) is 0 Å². The number of benzene rings is 1. The zero-order chi connectivity index (χ0) is 17.4. The fourth-order valence-electron chi connectivity index (χ4n) is 1.70. The molecule has 0 aliphatic carbocycles. The van der Waals surface area contributed by atoms with E-state index in [1.54, 1.807) is 32.0 Å². The van der Waals surface area contributed by atoms with Gasteiger partial charge in [0.05, 0.1) is 25.3 Å². The molecule has 1 rings (SSSR count). The van der Waals surface area contributed by atoms with Gasteiger partial charge < -0.3 is 31.5 Å². The van der Waals surface area contributed by atoms with Gasteiger partial charge in [-0.25, -0.2) is 9.59 Å². The van der Waals surface area contributed by atoms with Crippen molar-refractivity contribution in [3.63, 3.8) is 0 Å². The highest BCUT2D eigenvalue weighted by atomic mass is 16.3. The third-order valence-corrected chi connectivity index (χ3v) is 3.05. The van der Waals surface area contributed by atoms with E-state index in [4.69, 9.17) is 10.2 Å². The molecule has 0 aromatic heterocycles. The minimum atomic E-state index is -0.445. The quantitative estimate of drug-likeness (QED) is 0.467. The highest BCUT2D eigenvalue weighted by Crippen LogP contribution is 2.20. The predicted molar refractivity (Wildman–Crippen MR) is 88.6 cm³/mol. The molecule has 0 aliphatic rings. The summed E-state index contributed by atoms with van der Waals surface area (Å²) in [6.07, 6.45) is 0. The van der Waals surface area contributed by atoms with Crippen LogP contribution >= 0.6 is 0 Å². The van der Waals surface area contributed by atoms with E-state index >= 15 is 0 Å². The maximum absolute atomic E-state index is 11.8. The Morgan fingerprint density at radius 1 is 1.00 bits per heavy atom. The first kappa shape index (κ1) is 18.7. The highest BCUT2D eigenvalue weighted by molar-refractivity contribution is 5.93. The summed E-state index contributed by atoms with van der Waals surface area (Å²) in [7, 11) is 0. The number of amides is 4. The van der Waals surface area contributed by atoms with E-state index in [9.17, 15) is 9.59 Å². The van der Waals surface area contributed by atoms with Gasteiger partial charge in [0, 0.05) is 11.4 Å². The first-order chi connectivity index (χ1) is 10.8. The van der Waals surface area contributed by atoms with Gasteiger partial charge in [-0.15, -0.1) is 0 Å². The van der Waals surface area contributed by atoms with Crippen molar-refractivity contribution in [2.75, 3.05) is 23.8 Å². The molecule has 0 bridgehead atoms. The number of rotatable bonds is 6. The predicted octanol–water partition coefficient (Wildman–Crippen LogP) is 1.000. The number of hydrogen-bond donors (Lipinski definition) is 6. The standard InChI is InChI=1S/C15H24N4O4/c1-9-4-5-12(18-14(22)16-10(2)7-20)6-13(9)19-15(23)17-11(3)8-21/h4-6,10-11,20-21H,7-8H2,1-3H3,(H2,16,18,22)(H2,17,19,23). The molecule has 0 radical (unpaired) electrons. The Hall–Kier alpha value is -2.32.